The molecule has 0 aromatic heterocycles. The number of nitrogens with two attached hydrogens (primary N) is 1. The lowest BCUT2D eigenvalue weighted by molar-refractivity contribution is -0.291. The molecule has 0 amide bonds. The average Bonchev–Trinajstić information content (AvgIpc) is 2.13. The molecule has 1 aromatic rings. The Labute approximate surface area is 97.2 Å². The van der Waals surface area contributed by atoms with Gasteiger partial charge in [0.1, 0.15) is 11.9 Å². The Morgan fingerprint density at radius 3 is 2.00 bits per heavy atom. The van der Waals surface area contributed by atoms with Crippen molar-refractivity contribution in [2.45, 2.75) is 18.1 Å². The number of alkyl halides is 5. The molecule has 0 aliphatic heterocycles. The van der Waals surface area contributed by atoms with Gasteiger partial charge in [-0.15, -0.1) is 0 Å². The summed E-state index contributed by atoms with van der Waals surface area (Å²) in [5, 5.41) is -0.312. The Morgan fingerprint density at radius 2 is 1.59 bits per heavy atom. The zero-order valence-corrected chi connectivity index (χ0v) is 8.79. The van der Waals surface area contributed by atoms with Gasteiger partial charge in [0, 0.05) is 5.02 Å². The topological polar surface area (TPSA) is 26.0 Å². The normalized spacial score (nSPS) is 14.8. The zero-order valence-electron chi connectivity index (χ0n) is 8.03. The van der Waals surface area contributed by atoms with Gasteiger partial charge in [0.2, 0.25) is 0 Å². The first-order valence-corrected chi connectivity index (χ1v) is 4.59. The van der Waals surface area contributed by atoms with Crippen LogP contribution in [0.4, 0.5) is 26.3 Å². The van der Waals surface area contributed by atoms with Gasteiger partial charge in [0.15, 0.2) is 0 Å². The quantitative estimate of drug-likeness (QED) is 0.820. The largest absolute Gasteiger partial charge is 0.455 e. The molecule has 0 aliphatic rings. The van der Waals surface area contributed by atoms with Crippen LogP contribution in [0.2, 0.25) is 5.02 Å². The third kappa shape index (κ3) is 2.84. The lowest BCUT2D eigenvalue weighted by Gasteiger charge is -2.26. The van der Waals surface area contributed by atoms with E-state index in [2.05, 4.69) is 0 Å². The predicted molar refractivity (Wildman–Crippen MR) is 49.3 cm³/mol. The van der Waals surface area contributed by atoms with Crippen molar-refractivity contribution in [1.82, 2.24) is 0 Å². The minimum Gasteiger partial charge on any atom is -0.319 e. The van der Waals surface area contributed by atoms with E-state index in [0.717, 1.165) is 12.1 Å². The van der Waals surface area contributed by atoms with Crippen LogP contribution in [-0.4, -0.2) is 12.1 Å². The third-order valence-corrected chi connectivity index (χ3v) is 2.23. The maximum absolute atomic E-state index is 12.9. The Hall–Kier alpha value is -0.950. The molecular weight excluding hydrogens is 272 g/mol. The van der Waals surface area contributed by atoms with Crippen LogP contribution in [0.5, 0.6) is 0 Å². The minimum atomic E-state index is -5.81. The van der Waals surface area contributed by atoms with Gasteiger partial charge >= 0.3 is 12.1 Å². The van der Waals surface area contributed by atoms with Gasteiger partial charge in [-0.25, -0.2) is 4.39 Å². The molecule has 0 heterocycles. The fourth-order valence-corrected chi connectivity index (χ4v) is 1.37. The highest BCUT2D eigenvalue weighted by Gasteiger charge is 2.61. The van der Waals surface area contributed by atoms with Crippen molar-refractivity contribution in [3.05, 3.63) is 34.6 Å². The fourth-order valence-electron chi connectivity index (χ4n) is 1.14. The van der Waals surface area contributed by atoms with Crippen molar-refractivity contribution < 1.29 is 26.3 Å². The maximum atomic E-state index is 12.9. The molecule has 1 aromatic carbocycles. The smallest absolute Gasteiger partial charge is 0.319 e. The highest BCUT2D eigenvalue weighted by atomic mass is 35.5. The van der Waals surface area contributed by atoms with Gasteiger partial charge in [-0.3, -0.25) is 0 Å². The predicted octanol–water partition coefficient (Wildman–Crippen LogP) is 3.68. The second-order valence-electron chi connectivity index (χ2n) is 3.30. The van der Waals surface area contributed by atoms with Gasteiger partial charge < -0.3 is 5.73 Å². The van der Waals surface area contributed by atoms with Crippen molar-refractivity contribution >= 4 is 11.6 Å². The van der Waals surface area contributed by atoms with Crippen LogP contribution < -0.4 is 5.73 Å². The van der Waals surface area contributed by atoms with Gasteiger partial charge in [-0.05, 0) is 23.8 Å². The molecule has 96 valence electrons. The molecule has 0 bridgehead atoms. The fraction of sp³-hybridized carbons (Fsp3) is 0.333. The summed E-state index contributed by atoms with van der Waals surface area (Å²) in [4.78, 5) is 0. The third-order valence-electron chi connectivity index (χ3n) is 2.01. The summed E-state index contributed by atoms with van der Waals surface area (Å²) in [5.41, 5.74) is 4.08. The molecule has 0 saturated heterocycles. The Morgan fingerprint density at radius 1 is 1.06 bits per heavy atom. The molecule has 8 heteroatoms. The monoisotopic (exact) mass is 277 g/mol. The number of halogens is 7. The lowest BCUT2D eigenvalue weighted by Crippen LogP contribution is -2.45. The van der Waals surface area contributed by atoms with Gasteiger partial charge in [-0.2, -0.15) is 22.0 Å². The molecule has 0 unspecified atom stereocenters. The summed E-state index contributed by atoms with van der Waals surface area (Å²) in [6.45, 7) is 0. The van der Waals surface area contributed by atoms with Crippen molar-refractivity contribution in [3.8, 4) is 0 Å². The summed E-state index contributed by atoms with van der Waals surface area (Å²) >= 11 is 5.34. The first-order chi connectivity index (χ1) is 7.55. The van der Waals surface area contributed by atoms with E-state index >= 15 is 0 Å². The molecule has 0 aliphatic carbocycles. The average molecular weight is 278 g/mol. The Kier molecular flexibility index (Phi) is 3.63. The van der Waals surface area contributed by atoms with Crippen LogP contribution in [-0.2, 0) is 0 Å². The first-order valence-electron chi connectivity index (χ1n) is 4.22. The van der Waals surface area contributed by atoms with E-state index in [1.165, 1.54) is 0 Å². The highest BCUT2D eigenvalue weighted by molar-refractivity contribution is 6.30. The van der Waals surface area contributed by atoms with Gasteiger partial charge in [-0.1, -0.05) is 11.6 Å². The van der Waals surface area contributed by atoms with E-state index < -0.39 is 29.5 Å². The van der Waals surface area contributed by atoms with Crippen molar-refractivity contribution in [2.24, 2.45) is 5.73 Å². The second kappa shape index (κ2) is 4.38. The Bertz CT molecular complexity index is 396. The van der Waals surface area contributed by atoms with Gasteiger partial charge in [0.25, 0.3) is 0 Å². The molecule has 2 N–H and O–H groups in total. The van der Waals surface area contributed by atoms with E-state index in [9.17, 15) is 26.3 Å². The van der Waals surface area contributed by atoms with E-state index in [1.807, 2.05) is 0 Å². The van der Waals surface area contributed by atoms with Crippen LogP contribution in [0.1, 0.15) is 11.6 Å². The van der Waals surface area contributed by atoms with Crippen LogP contribution in [0.3, 0.4) is 0 Å². The van der Waals surface area contributed by atoms with Crippen LogP contribution >= 0.6 is 11.6 Å². The maximum Gasteiger partial charge on any atom is 0.455 e. The number of rotatable bonds is 2. The molecule has 0 radical (unpaired) electrons. The van der Waals surface area contributed by atoms with E-state index in [-0.39, 0.29) is 5.02 Å². The molecule has 0 fully saturated rings. The molecule has 0 spiro atoms. The second-order valence-corrected chi connectivity index (χ2v) is 3.74. The molecule has 17 heavy (non-hydrogen) atoms. The minimum absolute atomic E-state index is 0.312. The number of hydrogen-bond donors (Lipinski definition) is 1. The summed E-state index contributed by atoms with van der Waals surface area (Å²) in [6, 6.07) is -0.704. The van der Waals surface area contributed by atoms with E-state index in [4.69, 9.17) is 17.3 Å². The summed E-state index contributed by atoms with van der Waals surface area (Å²) < 4.78 is 74.6. The molecule has 1 nitrogen and oxygen atoms in total. The van der Waals surface area contributed by atoms with Crippen LogP contribution in [0, 0.1) is 5.82 Å². The van der Waals surface area contributed by atoms with E-state index in [0.29, 0.717) is 6.07 Å². The standard InChI is InChI=1S/C9H6ClF6N/c10-5-1-4(2-6(11)3-5)7(17)8(12,13)9(14,15)16/h1-3,7H,17H2/t7-/m1/s1. The summed E-state index contributed by atoms with van der Waals surface area (Å²) in [6.07, 6.45) is -5.81. The molecule has 0 saturated carbocycles. The molecule has 1 atom stereocenters. The molecular formula is C9H6ClF6N. The first kappa shape index (κ1) is 14.1. The highest BCUT2D eigenvalue weighted by Crippen LogP contribution is 2.43. The van der Waals surface area contributed by atoms with Gasteiger partial charge in [0.05, 0.1) is 0 Å². The summed E-state index contributed by atoms with van der Waals surface area (Å²) in [7, 11) is 0. The Balaban J connectivity index is 3.16. The van der Waals surface area contributed by atoms with Crippen molar-refractivity contribution in [3.63, 3.8) is 0 Å². The van der Waals surface area contributed by atoms with E-state index in [1.54, 1.807) is 0 Å². The molecule has 1 rings (SSSR count). The van der Waals surface area contributed by atoms with Crippen LogP contribution in [0.15, 0.2) is 18.2 Å². The number of hydrogen-bond acceptors (Lipinski definition) is 1. The number of benzene rings is 1. The lowest BCUT2D eigenvalue weighted by atomic mass is 10.0. The zero-order chi connectivity index (χ0) is 13.4. The van der Waals surface area contributed by atoms with Crippen molar-refractivity contribution in [1.29, 1.82) is 0 Å². The van der Waals surface area contributed by atoms with Crippen LogP contribution in [0.25, 0.3) is 0 Å². The summed E-state index contributed by atoms with van der Waals surface area (Å²) in [5.74, 6) is -6.20. The SMILES string of the molecule is N[C@H](c1cc(F)cc(Cl)c1)C(F)(F)C(F)(F)F. The van der Waals surface area contributed by atoms with Crippen molar-refractivity contribution in [2.75, 3.05) is 0 Å².